The molecule has 0 heterocycles. The van der Waals surface area contributed by atoms with Crippen LogP contribution in [0.4, 0.5) is 0 Å². The van der Waals surface area contributed by atoms with Gasteiger partial charge in [-0.05, 0) is 37.6 Å². The van der Waals surface area contributed by atoms with Crippen LogP contribution in [0.25, 0.3) is 6.08 Å². The van der Waals surface area contributed by atoms with Crippen molar-refractivity contribution in [2.45, 2.75) is 13.8 Å². The highest BCUT2D eigenvalue weighted by Gasteiger charge is 2.12. The van der Waals surface area contributed by atoms with Crippen LogP contribution < -0.4 is 14.8 Å². The van der Waals surface area contributed by atoms with Crippen molar-refractivity contribution in [1.29, 1.82) is 0 Å². The molecular formula is C17H24N2O4. The lowest BCUT2D eigenvalue weighted by Crippen LogP contribution is -2.39. The third-order valence-electron chi connectivity index (χ3n) is 3.23. The Morgan fingerprint density at radius 2 is 1.87 bits per heavy atom. The molecule has 0 bridgehead atoms. The Kier molecular flexibility index (Phi) is 7.66. The highest BCUT2D eigenvalue weighted by atomic mass is 16.5. The molecule has 0 aliphatic carbocycles. The number of hydrogen-bond donors (Lipinski definition) is 1. The molecule has 1 aromatic carbocycles. The van der Waals surface area contributed by atoms with Gasteiger partial charge < -0.3 is 19.7 Å². The number of rotatable bonds is 8. The van der Waals surface area contributed by atoms with Gasteiger partial charge in [0.15, 0.2) is 11.5 Å². The van der Waals surface area contributed by atoms with Gasteiger partial charge in [-0.3, -0.25) is 9.59 Å². The first-order valence-electron chi connectivity index (χ1n) is 7.51. The summed E-state index contributed by atoms with van der Waals surface area (Å²) in [7, 11) is 3.12. The Hall–Kier alpha value is -2.50. The van der Waals surface area contributed by atoms with E-state index in [9.17, 15) is 9.59 Å². The van der Waals surface area contributed by atoms with E-state index in [2.05, 4.69) is 5.32 Å². The first-order valence-corrected chi connectivity index (χ1v) is 7.51. The Morgan fingerprint density at radius 3 is 2.43 bits per heavy atom. The Labute approximate surface area is 137 Å². The lowest BCUT2D eigenvalue weighted by atomic mass is 10.2. The fourth-order valence-electron chi connectivity index (χ4n) is 2.00. The first-order chi connectivity index (χ1) is 11.0. The van der Waals surface area contributed by atoms with Gasteiger partial charge in [0.1, 0.15) is 0 Å². The minimum atomic E-state index is -0.214. The standard InChI is InChI=1S/C17H24N2O4/c1-5-18-16(20)12-19(6-2)17(21)10-8-13-7-9-14(22-3)15(11-13)23-4/h7-11H,5-6,12H2,1-4H3,(H,18,20). The topological polar surface area (TPSA) is 67.9 Å². The van der Waals surface area contributed by atoms with Crippen molar-refractivity contribution < 1.29 is 19.1 Å². The number of hydrogen-bond acceptors (Lipinski definition) is 4. The third-order valence-corrected chi connectivity index (χ3v) is 3.23. The molecule has 6 heteroatoms. The molecule has 1 N–H and O–H groups in total. The summed E-state index contributed by atoms with van der Waals surface area (Å²) in [5.74, 6) is 0.843. The fraction of sp³-hybridized carbons (Fsp3) is 0.412. The molecule has 0 aliphatic heterocycles. The van der Waals surface area contributed by atoms with Crippen LogP contribution in [0, 0.1) is 0 Å². The largest absolute Gasteiger partial charge is 0.493 e. The lowest BCUT2D eigenvalue weighted by Gasteiger charge is -2.18. The van der Waals surface area contributed by atoms with Crippen LogP contribution in [0.2, 0.25) is 0 Å². The number of amides is 2. The highest BCUT2D eigenvalue weighted by Crippen LogP contribution is 2.27. The Bertz CT molecular complexity index is 570. The molecule has 1 rings (SSSR count). The van der Waals surface area contributed by atoms with E-state index in [4.69, 9.17) is 9.47 Å². The normalized spacial score (nSPS) is 10.4. The van der Waals surface area contributed by atoms with Crippen LogP contribution in [0.5, 0.6) is 11.5 Å². The van der Waals surface area contributed by atoms with Crippen molar-refractivity contribution in [2.75, 3.05) is 33.9 Å². The quantitative estimate of drug-likeness (QED) is 0.740. The number of benzene rings is 1. The van der Waals surface area contributed by atoms with Gasteiger partial charge in [0.25, 0.3) is 0 Å². The van der Waals surface area contributed by atoms with E-state index in [1.807, 2.05) is 19.9 Å². The number of ether oxygens (including phenoxy) is 2. The molecule has 1 aromatic rings. The van der Waals surface area contributed by atoms with Crippen molar-refractivity contribution in [1.82, 2.24) is 10.2 Å². The van der Waals surface area contributed by atoms with Gasteiger partial charge >= 0.3 is 0 Å². The summed E-state index contributed by atoms with van der Waals surface area (Å²) in [5.41, 5.74) is 0.810. The average molecular weight is 320 g/mol. The maximum Gasteiger partial charge on any atom is 0.247 e. The highest BCUT2D eigenvalue weighted by molar-refractivity contribution is 5.94. The smallest absolute Gasteiger partial charge is 0.247 e. The SMILES string of the molecule is CCNC(=O)CN(CC)C(=O)C=Cc1ccc(OC)c(OC)c1. The van der Waals surface area contributed by atoms with Crippen LogP contribution in [-0.2, 0) is 9.59 Å². The van der Waals surface area contributed by atoms with Gasteiger partial charge in [-0.2, -0.15) is 0 Å². The zero-order chi connectivity index (χ0) is 17.2. The molecule has 0 saturated carbocycles. The second-order valence-corrected chi connectivity index (χ2v) is 4.75. The summed E-state index contributed by atoms with van der Waals surface area (Å²) in [6.45, 7) is 4.74. The second-order valence-electron chi connectivity index (χ2n) is 4.75. The molecule has 23 heavy (non-hydrogen) atoms. The Morgan fingerprint density at radius 1 is 1.17 bits per heavy atom. The zero-order valence-corrected chi connectivity index (χ0v) is 14.1. The molecule has 0 atom stereocenters. The van der Waals surface area contributed by atoms with E-state index in [1.165, 1.54) is 11.0 Å². The van der Waals surface area contributed by atoms with Gasteiger partial charge in [0.05, 0.1) is 20.8 Å². The van der Waals surface area contributed by atoms with Crippen LogP contribution >= 0.6 is 0 Å². The number of nitrogens with zero attached hydrogens (tertiary/aromatic N) is 1. The predicted octanol–water partition coefficient (Wildman–Crippen LogP) is 1.70. The molecule has 0 unspecified atom stereocenters. The molecule has 6 nitrogen and oxygen atoms in total. The summed E-state index contributed by atoms with van der Waals surface area (Å²) in [5, 5.41) is 2.68. The lowest BCUT2D eigenvalue weighted by molar-refractivity contribution is -0.132. The number of carbonyl (C=O) groups is 2. The maximum absolute atomic E-state index is 12.2. The number of methoxy groups -OCH3 is 2. The molecule has 126 valence electrons. The predicted molar refractivity (Wildman–Crippen MR) is 89.5 cm³/mol. The summed E-state index contributed by atoms with van der Waals surface area (Å²) in [6.07, 6.45) is 3.13. The molecule has 0 radical (unpaired) electrons. The fourth-order valence-corrected chi connectivity index (χ4v) is 2.00. The summed E-state index contributed by atoms with van der Waals surface area (Å²) in [6, 6.07) is 5.38. The molecule has 0 saturated heterocycles. The minimum absolute atomic E-state index is 0.0550. The summed E-state index contributed by atoms with van der Waals surface area (Å²) in [4.78, 5) is 25.2. The summed E-state index contributed by atoms with van der Waals surface area (Å²) >= 11 is 0. The molecule has 0 spiro atoms. The monoisotopic (exact) mass is 320 g/mol. The third kappa shape index (κ3) is 5.65. The van der Waals surface area contributed by atoms with Gasteiger partial charge in [0.2, 0.25) is 11.8 Å². The number of nitrogens with one attached hydrogen (secondary N) is 1. The van der Waals surface area contributed by atoms with Crippen molar-refractivity contribution in [2.24, 2.45) is 0 Å². The van der Waals surface area contributed by atoms with E-state index in [-0.39, 0.29) is 18.4 Å². The van der Waals surface area contributed by atoms with Gasteiger partial charge in [-0.1, -0.05) is 6.07 Å². The molecule has 0 aliphatic rings. The maximum atomic E-state index is 12.2. The van der Waals surface area contributed by atoms with Crippen molar-refractivity contribution in [3.05, 3.63) is 29.8 Å². The van der Waals surface area contributed by atoms with Crippen molar-refractivity contribution >= 4 is 17.9 Å². The second kappa shape index (κ2) is 9.50. The van der Waals surface area contributed by atoms with Crippen LogP contribution in [0.1, 0.15) is 19.4 Å². The van der Waals surface area contributed by atoms with Crippen LogP contribution in [-0.4, -0.2) is 50.6 Å². The van der Waals surface area contributed by atoms with Gasteiger partial charge in [-0.25, -0.2) is 0 Å². The van der Waals surface area contributed by atoms with Gasteiger partial charge in [-0.15, -0.1) is 0 Å². The van der Waals surface area contributed by atoms with E-state index >= 15 is 0 Å². The molecule has 2 amide bonds. The van der Waals surface area contributed by atoms with Crippen LogP contribution in [0.15, 0.2) is 24.3 Å². The van der Waals surface area contributed by atoms with Crippen molar-refractivity contribution in [3.63, 3.8) is 0 Å². The van der Waals surface area contributed by atoms with Crippen molar-refractivity contribution in [3.8, 4) is 11.5 Å². The molecule has 0 fully saturated rings. The molecular weight excluding hydrogens is 296 g/mol. The van der Waals surface area contributed by atoms with E-state index < -0.39 is 0 Å². The van der Waals surface area contributed by atoms with Gasteiger partial charge in [0, 0.05) is 19.2 Å². The summed E-state index contributed by atoms with van der Waals surface area (Å²) < 4.78 is 10.4. The number of carbonyl (C=O) groups excluding carboxylic acids is 2. The first kappa shape index (κ1) is 18.5. The average Bonchev–Trinajstić information content (AvgIpc) is 2.57. The van der Waals surface area contributed by atoms with E-state index in [0.717, 1.165) is 5.56 Å². The zero-order valence-electron chi connectivity index (χ0n) is 14.1. The van der Waals surface area contributed by atoms with Crippen LogP contribution in [0.3, 0.4) is 0 Å². The van der Waals surface area contributed by atoms with E-state index in [1.54, 1.807) is 32.4 Å². The molecule has 0 aromatic heterocycles. The minimum Gasteiger partial charge on any atom is -0.493 e. The number of likely N-dealkylation sites (N-methyl/N-ethyl adjacent to an activating group) is 2. The van der Waals surface area contributed by atoms with E-state index in [0.29, 0.717) is 24.6 Å². The Balaban J connectivity index is 2.78.